The van der Waals surface area contributed by atoms with Crippen LogP contribution in [0.1, 0.15) is 26.3 Å². The van der Waals surface area contributed by atoms with Gasteiger partial charge in [-0.15, -0.1) is 0 Å². The van der Waals surface area contributed by atoms with E-state index in [9.17, 15) is 0 Å². The topological polar surface area (TPSA) is 33.0 Å². The van der Waals surface area contributed by atoms with Crippen molar-refractivity contribution in [1.82, 2.24) is 0 Å². The van der Waals surface area contributed by atoms with Gasteiger partial charge in [-0.05, 0) is 52.3 Å². The molecule has 0 amide bonds. The van der Waals surface area contributed by atoms with E-state index < -0.39 is 8.32 Å². The van der Waals surface area contributed by atoms with Crippen LogP contribution in [-0.4, -0.2) is 8.32 Å². The van der Waals surface area contributed by atoms with E-state index >= 15 is 0 Å². The van der Waals surface area contributed by atoms with Crippen LogP contribution in [0.5, 0.6) is 5.75 Å². The van der Waals surface area contributed by atoms with Gasteiger partial charge in [-0.25, -0.2) is 0 Å². The summed E-state index contributed by atoms with van der Waals surface area (Å²) < 4.78 is 6.93. The van der Waals surface area contributed by atoms with E-state index in [1.807, 2.05) is 12.1 Å². The molecule has 0 aliphatic carbocycles. The zero-order chi connectivity index (χ0) is 13.3. The molecule has 0 unspecified atom stereocenters. The second kappa shape index (κ2) is 4.83. The first-order chi connectivity index (χ1) is 7.67. The van der Waals surface area contributed by atoms with Crippen molar-refractivity contribution in [3.8, 4) is 11.8 Å². The average Bonchev–Trinajstić information content (AvgIpc) is 2.15. The number of rotatable bonds is 2. The quantitative estimate of drug-likeness (QED) is 0.741. The lowest BCUT2D eigenvalue weighted by Crippen LogP contribution is -2.43. The van der Waals surface area contributed by atoms with Crippen molar-refractivity contribution in [3.63, 3.8) is 0 Å². The van der Waals surface area contributed by atoms with Gasteiger partial charge in [0.2, 0.25) is 8.32 Å². The maximum absolute atomic E-state index is 8.86. The summed E-state index contributed by atoms with van der Waals surface area (Å²) in [6.45, 7) is 11.0. The van der Waals surface area contributed by atoms with Crippen molar-refractivity contribution < 1.29 is 4.43 Å². The lowest BCUT2D eigenvalue weighted by Gasteiger charge is -2.36. The minimum Gasteiger partial charge on any atom is -0.543 e. The van der Waals surface area contributed by atoms with Gasteiger partial charge in [-0.2, -0.15) is 5.26 Å². The third-order valence-electron chi connectivity index (χ3n) is 3.24. The summed E-state index contributed by atoms with van der Waals surface area (Å²) in [5.41, 5.74) is 0.632. The number of hydrogen-bond donors (Lipinski definition) is 0. The first-order valence-electron chi connectivity index (χ1n) is 5.56. The van der Waals surface area contributed by atoms with E-state index in [1.54, 1.807) is 6.07 Å². The van der Waals surface area contributed by atoms with Crippen LogP contribution in [0.4, 0.5) is 0 Å². The molecule has 0 saturated carbocycles. The molecule has 0 atom stereocenters. The zero-order valence-electron chi connectivity index (χ0n) is 11.0. The molecule has 0 radical (unpaired) electrons. The van der Waals surface area contributed by atoms with Gasteiger partial charge in [0.1, 0.15) is 11.8 Å². The fourth-order valence-electron chi connectivity index (χ4n) is 1.10. The maximum Gasteiger partial charge on any atom is 0.250 e. The second-order valence-electron chi connectivity index (χ2n) is 5.62. The molecule has 0 aromatic heterocycles. The lowest BCUT2D eigenvalue weighted by atomic mass is 10.2. The fraction of sp³-hybridized carbons (Fsp3) is 0.462. The van der Waals surface area contributed by atoms with Crippen molar-refractivity contribution in [2.24, 2.45) is 0 Å². The predicted molar refractivity (Wildman–Crippen MR) is 76.7 cm³/mol. The normalized spacial score (nSPS) is 12.1. The zero-order valence-corrected chi connectivity index (χ0v) is 13.6. The Labute approximate surface area is 113 Å². The monoisotopic (exact) mass is 311 g/mol. The van der Waals surface area contributed by atoms with Gasteiger partial charge in [0, 0.05) is 4.47 Å². The Morgan fingerprint density at radius 1 is 1.29 bits per heavy atom. The number of hydrogen-bond acceptors (Lipinski definition) is 2. The first-order valence-corrected chi connectivity index (χ1v) is 9.26. The minimum atomic E-state index is -1.80. The van der Waals surface area contributed by atoms with Crippen LogP contribution in [0.2, 0.25) is 18.1 Å². The van der Waals surface area contributed by atoms with Crippen molar-refractivity contribution >= 4 is 24.2 Å². The third kappa shape index (κ3) is 3.33. The molecule has 4 heteroatoms. The number of nitriles is 1. The van der Waals surface area contributed by atoms with E-state index in [0.717, 1.165) is 10.2 Å². The summed E-state index contributed by atoms with van der Waals surface area (Å²) >= 11 is 3.38. The molecular formula is C13H18BrNOSi. The van der Waals surface area contributed by atoms with Crippen LogP contribution >= 0.6 is 15.9 Å². The molecule has 0 aliphatic rings. The van der Waals surface area contributed by atoms with Crippen LogP contribution in [0.15, 0.2) is 22.7 Å². The van der Waals surface area contributed by atoms with E-state index in [1.165, 1.54) is 0 Å². The second-order valence-corrected chi connectivity index (χ2v) is 11.2. The van der Waals surface area contributed by atoms with Crippen LogP contribution in [-0.2, 0) is 0 Å². The number of benzene rings is 1. The van der Waals surface area contributed by atoms with Gasteiger partial charge in [0.15, 0.2) is 0 Å². The Morgan fingerprint density at radius 2 is 1.88 bits per heavy atom. The Kier molecular flexibility index (Phi) is 4.05. The van der Waals surface area contributed by atoms with Gasteiger partial charge in [-0.1, -0.05) is 20.8 Å². The molecule has 0 spiro atoms. The molecule has 0 saturated heterocycles. The van der Waals surface area contributed by atoms with Gasteiger partial charge in [0.25, 0.3) is 0 Å². The highest BCUT2D eigenvalue weighted by atomic mass is 79.9. The SMILES string of the molecule is CC(C)(C)[Si](C)(C)Oc1ccc(C#N)c(Br)c1. The largest absolute Gasteiger partial charge is 0.543 e. The highest BCUT2D eigenvalue weighted by Crippen LogP contribution is 2.37. The highest BCUT2D eigenvalue weighted by Gasteiger charge is 2.38. The molecule has 0 fully saturated rings. The molecule has 17 heavy (non-hydrogen) atoms. The summed E-state index contributed by atoms with van der Waals surface area (Å²) in [4.78, 5) is 0. The fourth-order valence-corrected chi connectivity index (χ4v) is 2.57. The molecule has 0 N–H and O–H groups in total. The summed E-state index contributed by atoms with van der Waals surface area (Å²) in [5.74, 6) is 0.836. The van der Waals surface area contributed by atoms with E-state index in [4.69, 9.17) is 9.69 Å². The standard InChI is InChI=1S/C13H18BrNOSi/c1-13(2,3)17(4,5)16-11-7-6-10(9-15)12(14)8-11/h6-8H,1-5H3. The van der Waals surface area contributed by atoms with E-state index in [0.29, 0.717) is 5.56 Å². The Bertz CT molecular complexity index is 457. The number of halogens is 1. The maximum atomic E-state index is 8.86. The molecule has 0 bridgehead atoms. The highest BCUT2D eigenvalue weighted by molar-refractivity contribution is 9.10. The molecule has 0 aliphatic heterocycles. The smallest absolute Gasteiger partial charge is 0.250 e. The average molecular weight is 312 g/mol. The van der Waals surface area contributed by atoms with Crippen LogP contribution < -0.4 is 4.43 Å². The van der Waals surface area contributed by atoms with Gasteiger partial charge >= 0.3 is 0 Å². The first kappa shape index (κ1) is 14.3. The van der Waals surface area contributed by atoms with E-state index in [-0.39, 0.29) is 5.04 Å². The van der Waals surface area contributed by atoms with Crippen LogP contribution in [0, 0.1) is 11.3 Å². The molecular weight excluding hydrogens is 294 g/mol. The van der Waals surface area contributed by atoms with Gasteiger partial charge in [0.05, 0.1) is 5.56 Å². The lowest BCUT2D eigenvalue weighted by molar-refractivity contribution is 0.492. The summed E-state index contributed by atoms with van der Waals surface area (Å²) in [7, 11) is -1.80. The van der Waals surface area contributed by atoms with Crippen molar-refractivity contribution in [3.05, 3.63) is 28.2 Å². The number of nitrogens with zero attached hydrogens (tertiary/aromatic N) is 1. The molecule has 1 aromatic carbocycles. The predicted octanol–water partition coefficient (Wildman–Crippen LogP) is 4.70. The van der Waals surface area contributed by atoms with Gasteiger partial charge in [-0.3, -0.25) is 0 Å². The summed E-state index contributed by atoms with van der Waals surface area (Å²) in [6.07, 6.45) is 0. The third-order valence-corrected chi connectivity index (χ3v) is 8.25. The summed E-state index contributed by atoms with van der Waals surface area (Å²) in [5, 5.41) is 9.03. The Morgan fingerprint density at radius 3 is 2.29 bits per heavy atom. The van der Waals surface area contributed by atoms with Crippen molar-refractivity contribution in [2.75, 3.05) is 0 Å². The molecule has 0 heterocycles. The summed E-state index contributed by atoms with van der Waals surface area (Å²) in [6, 6.07) is 7.65. The molecule has 1 aromatic rings. The van der Waals surface area contributed by atoms with Crippen molar-refractivity contribution in [1.29, 1.82) is 5.26 Å². The van der Waals surface area contributed by atoms with Gasteiger partial charge < -0.3 is 4.43 Å². The molecule has 1 rings (SSSR count). The van der Waals surface area contributed by atoms with Crippen LogP contribution in [0.25, 0.3) is 0 Å². The Hall–Kier alpha value is -0.793. The molecule has 2 nitrogen and oxygen atoms in total. The van der Waals surface area contributed by atoms with Crippen LogP contribution in [0.3, 0.4) is 0 Å². The van der Waals surface area contributed by atoms with E-state index in [2.05, 4.69) is 55.9 Å². The molecule has 92 valence electrons. The Balaban J connectivity index is 2.98. The van der Waals surface area contributed by atoms with Crippen molar-refractivity contribution in [2.45, 2.75) is 38.9 Å². The minimum absolute atomic E-state index is 0.174.